The van der Waals surface area contributed by atoms with E-state index in [1.807, 2.05) is 60.4 Å². The van der Waals surface area contributed by atoms with Crippen molar-refractivity contribution in [2.75, 3.05) is 37.2 Å². The summed E-state index contributed by atoms with van der Waals surface area (Å²) in [5.74, 6) is 0.220. The van der Waals surface area contributed by atoms with Gasteiger partial charge in [0.05, 0.1) is 11.3 Å². The van der Waals surface area contributed by atoms with Crippen molar-refractivity contribution >= 4 is 40.6 Å². The lowest BCUT2D eigenvalue weighted by atomic mass is 10.1. The van der Waals surface area contributed by atoms with Crippen molar-refractivity contribution < 1.29 is 9.59 Å². The Morgan fingerprint density at radius 1 is 1.00 bits per heavy atom. The number of piperazine rings is 1. The molecule has 7 heteroatoms. The Bertz CT molecular complexity index is 1040. The summed E-state index contributed by atoms with van der Waals surface area (Å²) >= 11 is 3.12. The third-order valence-electron chi connectivity index (χ3n) is 5.46. The zero-order valence-electron chi connectivity index (χ0n) is 18.1. The van der Waals surface area contributed by atoms with Crippen LogP contribution in [0.2, 0.25) is 0 Å². The lowest BCUT2D eigenvalue weighted by Gasteiger charge is -2.35. The second kappa shape index (κ2) is 10.8. The van der Waals surface area contributed by atoms with Crippen LogP contribution in [0.4, 0.5) is 5.69 Å². The van der Waals surface area contributed by atoms with Gasteiger partial charge in [-0.2, -0.15) is 11.3 Å². The molecule has 2 amide bonds. The number of carbonyl (C=O) groups excluding carboxylic acids is 2. The lowest BCUT2D eigenvalue weighted by molar-refractivity contribution is -0.113. The Morgan fingerprint density at radius 3 is 2.47 bits per heavy atom. The van der Waals surface area contributed by atoms with E-state index in [1.165, 1.54) is 17.3 Å². The number of nitrogens with one attached hydrogen (secondary N) is 1. The molecule has 1 fully saturated rings. The molecule has 32 heavy (non-hydrogen) atoms. The molecule has 0 spiro atoms. The first kappa shape index (κ1) is 22.6. The number of thiophene rings is 1. The van der Waals surface area contributed by atoms with Gasteiger partial charge in [0.25, 0.3) is 5.91 Å². The van der Waals surface area contributed by atoms with Crippen LogP contribution >= 0.6 is 23.1 Å². The average Bonchev–Trinajstić information content (AvgIpc) is 3.32. The fourth-order valence-electron chi connectivity index (χ4n) is 3.67. The molecule has 0 atom stereocenters. The van der Waals surface area contributed by atoms with E-state index in [0.717, 1.165) is 48.9 Å². The Balaban J connectivity index is 1.32. The molecular formula is C25H27N3O2S2. The number of nitrogens with zero attached hydrogens (tertiary/aromatic N) is 2. The first-order valence-electron chi connectivity index (χ1n) is 10.7. The van der Waals surface area contributed by atoms with Crippen LogP contribution in [0.1, 0.15) is 21.5 Å². The first-order valence-corrected chi connectivity index (χ1v) is 12.6. The summed E-state index contributed by atoms with van der Waals surface area (Å²) in [5, 5.41) is 7.20. The lowest BCUT2D eigenvalue weighted by Crippen LogP contribution is -2.48. The maximum absolute atomic E-state index is 13.2. The van der Waals surface area contributed by atoms with Gasteiger partial charge in [0.15, 0.2) is 0 Å². The quantitative estimate of drug-likeness (QED) is 0.512. The van der Waals surface area contributed by atoms with E-state index in [0.29, 0.717) is 5.56 Å². The maximum atomic E-state index is 13.2. The van der Waals surface area contributed by atoms with E-state index in [1.54, 1.807) is 11.3 Å². The largest absolute Gasteiger partial charge is 0.336 e. The van der Waals surface area contributed by atoms with Gasteiger partial charge in [-0.15, -0.1) is 11.8 Å². The highest BCUT2D eigenvalue weighted by atomic mass is 32.2. The number of anilines is 1. The SMILES string of the molecule is Cc1ccc(NC(=O)CSc2ccccc2C(=O)N2CCN(Cc3ccsc3)CC2)cc1. The van der Waals surface area contributed by atoms with Crippen LogP contribution in [0, 0.1) is 6.92 Å². The van der Waals surface area contributed by atoms with Crippen molar-refractivity contribution in [1.82, 2.24) is 9.80 Å². The zero-order valence-corrected chi connectivity index (χ0v) is 19.8. The summed E-state index contributed by atoms with van der Waals surface area (Å²) in [4.78, 5) is 30.8. The molecule has 2 heterocycles. The Hall–Kier alpha value is -2.61. The fourth-order valence-corrected chi connectivity index (χ4v) is 5.17. The summed E-state index contributed by atoms with van der Waals surface area (Å²) in [7, 11) is 0. The summed E-state index contributed by atoms with van der Waals surface area (Å²) < 4.78 is 0. The van der Waals surface area contributed by atoms with E-state index in [-0.39, 0.29) is 17.6 Å². The number of hydrogen-bond acceptors (Lipinski definition) is 5. The van der Waals surface area contributed by atoms with Gasteiger partial charge in [0.1, 0.15) is 0 Å². The highest BCUT2D eigenvalue weighted by molar-refractivity contribution is 8.00. The zero-order chi connectivity index (χ0) is 22.3. The van der Waals surface area contributed by atoms with Crippen LogP contribution < -0.4 is 5.32 Å². The van der Waals surface area contributed by atoms with E-state index < -0.39 is 0 Å². The number of aryl methyl sites for hydroxylation is 1. The van der Waals surface area contributed by atoms with Crippen LogP contribution in [0.15, 0.2) is 70.3 Å². The highest BCUT2D eigenvalue weighted by Crippen LogP contribution is 2.25. The topological polar surface area (TPSA) is 52.7 Å². The second-order valence-corrected chi connectivity index (χ2v) is 9.70. The number of amides is 2. The summed E-state index contributed by atoms with van der Waals surface area (Å²) in [5.41, 5.74) is 3.94. The average molecular weight is 466 g/mol. The molecule has 2 aromatic carbocycles. The van der Waals surface area contributed by atoms with Gasteiger partial charge in [-0.25, -0.2) is 0 Å². The van der Waals surface area contributed by atoms with Gasteiger partial charge in [-0.05, 0) is 53.6 Å². The van der Waals surface area contributed by atoms with Crippen molar-refractivity contribution in [1.29, 1.82) is 0 Å². The summed E-state index contributed by atoms with van der Waals surface area (Å²) in [6, 6.07) is 17.5. The Labute approximate surface area is 197 Å². The molecule has 1 aliphatic heterocycles. The van der Waals surface area contributed by atoms with Crippen LogP contribution in [-0.4, -0.2) is 53.5 Å². The molecule has 1 aromatic heterocycles. The molecule has 5 nitrogen and oxygen atoms in total. The molecule has 166 valence electrons. The predicted octanol–water partition coefficient (Wildman–Crippen LogP) is 4.75. The Kier molecular flexibility index (Phi) is 7.63. The molecule has 1 aliphatic rings. The van der Waals surface area contributed by atoms with E-state index in [9.17, 15) is 9.59 Å². The number of rotatable bonds is 7. The smallest absolute Gasteiger partial charge is 0.255 e. The first-order chi connectivity index (χ1) is 15.6. The number of hydrogen-bond donors (Lipinski definition) is 1. The molecular weight excluding hydrogens is 438 g/mol. The standard InChI is InChI=1S/C25H27N3O2S2/c1-19-6-8-21(9-7-19)26-24(29)18-32-23-5-3-2-4-22(23)25(30)28-13-11-27(12-14-28)16-20-10-15-31-17-20/h2-10,15,17H,11-14,16,18H2,1H3,(H,26,29). The highest BCUT2D eigenvalue weighted by Gasteiger charge is 2.24. The van der Waals surface area contributed by atoms with Crippen LogP contribution in [0.25, 0.3) is 0 Å². The third kappa shape index (κ3) is 6.00. The molecule has 0 bridgehead atoms. The van der Waals surface area contributed by atoms with Crippen molar-refractivity contribution in [2.24, 2.45) is 0 Å². The van der Waals surface area contributed by atoms with Gasteiger partial charge < -0.3 is 10.2 Å². The summed E-state index contributed by atoms with van der Waals surface area (Å²) in [6.07, 6.45) is 0. The third-order valence-corrected chi connectivity index (χ3v) is 7.26. The van der Waals surface area contributed by atoms with E-state index in [4.69, 9.17) is 0 Å². The van der Waals surface area contributed by atoms with E-state index >= 15 is 0 Å². The molecule has 1 N–H and O–H groups in total. The second-order valence-electron chi connectivity index (χ2n) is 7.90. The van der Waals surface area contributed by atoms with Gasteiger partial charge >= 0.3 is 0 Å². The van der Waals surface area contributed by atoms with Crippen LogP contribution in [0.5, 0.6) is 0 Å². The molecule has 0 unspecified atom stereocenters. The Morgan fingerprint density at radius 2 is 1.75 bits per heavy atom. The minimum absolute atomic E-state index is 0.0437. The molecule has 1 saturated heterocycles. The fraction of sp³-hybridized carbons (Fsp3) is 0.280. The molecule has 0 aliphatic carbocycles. The van der Waals surface area contributed by atoms with Gasteiger partial charge in [0.2, 0.25) is 5.91 Å². The maximum Gasteiger partial charge on any atom is 0.255 e. The number of carbonyl (C=O) groups is 2. The molecule has 0 radical (unpaired) electrons. The van der Waals surface area contributed by atoms with Crippen molar-refractivity contribution in [2.45, 2.75) is 18.4 Å². The van der Waals surface area contributed by atoms with Crippen LogP contribution in [-0.2, 0) is 11.3 Å². The number of thioether (sulfide) groups is 1. The minimum atomic E-state index is -0.0804. The predicted molar refractivity (Wildman–Crippen MR) is 132 cm³/mol. The minimum Gasteiger partial charge on any atom is -0.336 e. The summed E-state index contributed by atoms with van der Waals surface area (Å²) in [6.45, 7) is 6.13. The normalized spacial score (nSPS) is 14.3. The molecule has 0 saturated carbocycles. The van der Waals surface area contributed by atoms with E-state index in [2.05, 4.69) is 27.0 Å². The monoisotopic (exact) mass is 465 g/mol. The van der Waals surface area contributed by atoms with Crippen molar-refractivity contribution in [3.8, 4) is 0 Å². The van der Waals surface area contributed by atoms with Crippen LogP contribution in [0.3, 0.4) is 0 Å². The number of benzene rings is 2. The molecule has 3 aromatic rings. The van der Waals surface area contributed by atoms with Gasteiger partial charge in [0, 0.05) is 43.3 Å². The van der Waals surface area contributed by atoms with Gasteiger partial charge in [-0.3, -0.25) is 14.5 Å². The van der Waals surface area contributed by atoms with Crippen molar-refractivity contribution in [3.63, 3.8) is 0 Å². The van der Waals surface area contributed by atoms with Gasteiger partial charge in [-0.1, -0.05) is 29.8 Å². The molecule has 4 rings (SSSR count). The van der Waals surface area contributed by atoms with Crippen molar-refractivity contribution in [3.05, 3.63) is 82.0 Å².